The first-order chi connectivity index (χ1) is 8.31. The van der Waals surface area contributed by atoms with Crippen LogP contribution in [0.1, 0.15) is 37.8 Å². The first-order valence-corrected chi connectivity index (χ1v) is 6.12. The van der Waals surface area contributed by atoms with Gasteiger partial charge in [0.25, 0.3) is 0 Å². The number of benzene rings is 1. The summed E-state index contributed by atoms with van der Waals surface area (Å²) >= 11 is 0. The second-order valence-electron chi connectivity index (χ2n) is 3.98. The van der Waals surface area contributed by atoms with Gasteiger partial charge < -0.3 is 10.1 Å². The summed E-state index contributed by atoms with van der Waals surface area (Å²) in [6.45, 7) is 3.09. The van der Waals surface area contributed by atoms with E-state index < -0.39 is 0 Å². The van der Waals surface area contributed by atoms with Crippen molar-refractivity contribution < 1.29 is 4.74 Å². The van der Waals surface area contributed by atoms with E-state index in [1.807, 2.05) is 12.1 Å². The van der Waals surface area contributed by atoms with Crippen LogP contribution in [-0.2, 0) is 0 Å². The fourth-order valence-electron chi connectivity index (χ4n) is 1.88. The zero-order chi connectivity index (χ0) is 12.5. The third-order valence-electron chi connectivity index (χ3n) is 2.78. The maximum absolute atomic E-state index is 5.28. The maximum atomic E-state index is 5.28. The molecule has 0 aliphatic heterocycles. The van der Waals surface area contributed by atoms with E-state index >= 15 is 0 Å². The first kappa shape index (κ1) is 13.6. The summed E-state index contributed by atoms with van der Waals surface area (Å²) < 4.78 is 5.16. The molecule has 0 saturated carbocycles. The molecule has 0 spiro atoms. The van der Waals surface area contributed by atoms with Gasteiger partial charge in [0.05, 0.1) is 7.11 Å². The Balaban J connectivity index is 2.64. The second kappa shape index (κ2) is 7.76. The molecule has 0 aromatic heterocycles. The minimum Gasteiger partial charge on any atom is -0.497 e. The summed E-state index contributed by atoms with van der Waals surface area (Å²) in [5.74, 6) is 3.58. The van der Waals surface area contributed by atoms with Gasteiger partial charge in [-0.05, 0) is 37.1 Å². The zero-order valence-electron chi connectivity index (χ0n) is 10.7. The highest BCUT2D eigenvalue weighted by atomic mass is 16.5. The molecule has 1 atom stereocenters. The van der Waals surface area contributed by atoms with Crippen LogP contribution in [0.4, 0.5) is 0 Å². The Kier molecular flexibility index (Phi) is 6.21. The van der Waals surface area contributed by atoms with Crippen LogP contribution in [0.15, 0.2) is 24.3 Å². The van der Waals surface area contributed by atoms with E-state index in [1.54, 1.807) is 7.11 Å². The molecule has 0 aliphatic rings. The van der Waals surface area contributed by atoms with Gasteiger partial charge in [-0.1, -0.05) is 19.1 Å². The van der Waals surface area contributed by atoms with Crippen molar-refractivity contribution in [3.8, 4) is 18.1 Å². The SMILES string of the molecule is C#CCCCC(NCC)c1ccc(OC)cc1. The third kappa shape index (κ3) is 4.50. The van der Waals surface area contributed by atoms with Gasteiger partial charge in [0.2, 0.25) is 0 Å². The summed E-state index contributed by atoms with van der Waals surface area (Å²) in [5, 5.41) is 3.49. The first-order valence-electron chi connectivity index (χ1n) is 6.12. The molecule has 0 heterocycles. The monoisotopic (exact) mass is 231 g/mol. The van der Waals surface area contributed by atoms with E-state index in [2.05, 4.69) is 30.3 Å². The van der Waals surface area contributed by atoms with Crippen LogP contribution in [0.25, 0.3) is 0 Å². The number of rotatable bonds is 7. The highest BCUT2D eigenvalue weighted by Gasteiger charge is 2.09. The minimum absolute atomic E-state index is 0.388. The molecule has 0 radical (unpaired) electrons. The quantitative estimate of drug-likeness (QED) is 0.575. The van der Waals surface area contributed by atoms with Crippen LogP contribution in [0, 0.1) is 12.3 Å². The van der Waals surface area contributed by atoms with Gasteiger partial charge in [0.15, 0.2) is 0 Å². The van der Waals surface area contributed by atoms with E-state index in [-0.39, 0.29) is 0 Å². The number of nitrogens with one attached hydrogen (secondary N) is 1. The van der Waals surface area contributed by atoms with Crippen molar-refractivity contribution in [1.82, 2.24) is 5.32 Å². The number of ether oxygens (including phenoxy) is 1. The van der Waals surface area contributed by atoms with Crippen molar-refractivity contribution in [2.45, 2.75) is 32.2 Å². The Morgan fingerprint density at radius 2 is 2.06 bits per heavy atom. The van der Waals surface area contributed by atoms with E-state index in [1.165, 1.54) is 5.56 Å². The van der Waals surface area contributed by atoms with Gasteiger partial charge in [-0.25, -0.2) is 0 Å². The van der Waals surface area contributed by atoms with Gasteiger partial charge in [0, 0.05) is 12.5 Å². The lowest BCUT2D eigenvalue weighted by molar-refractivity contribution is 0.414. The average molecular weight is 231 g/mol. The number of unbranched alkanes of at least 4 members (excludes halogenated alkanes) is 1. The third-order valence-corrected chi connectivity index (χ3v) is 2.78. The van der Waals surface area contributed by atoms with Crippen LogP contribution in [0.3, 0.4) is 0 Å². The molecule has 0 fully saturated rings. The Morgan fingerprint density at radius 1 is 1.35 bits per heavy atom. The normalized spacial score (nSPS) is 11.8. The smallest absolute Gasteiger partial charge is 0.118 e. The molecule has 1 aromatic rings. The molecule has 0 aliphatic carbocycles. The molecule has 1 unspecified atom stereocenters. The van der Waals surface area contributed by atoms with Gasteiger partial charge >= 0.3 is 0 Å². The summed E-state index contributed by atoms with van der Waals surface area (Å²) in [5.41, 5.74) is 1.30. The summed E-state index contributed by atoms with van der Waals surface area (Å²) in [4.78, 5) is 0. The Hall–Kier alpha value is -1.46. The standard InChI is InChI=1S/C15H21NO/c1-4-6-7-8-15(16-5-2)13-9-11-14(17-3)12-10-13/h1,9-12,15-16H,5-8H2,2-3H3. The molecule has 2 heteroatoms. The lowest BCUT2D eigenvalue weighted by atomic mass is 10.0. The average Bonchev–Trinajstić information content (AvgIpc) is 2.38. The van der Waals surface area contributed by atoms with Crippen molar-refractivity contribution >= 4 is 0 Å². The van der Waals surface area contributed by atoms with E-state index in [0.29, 0.717) is 6.04 Å². The lowest BCUT2D eigenvalue weighted by Gasteiger charge is -2.18. The second-order valence-corrected chi connectivity index (χ2v) is 3.98. The highest BCUT2D eigenvalue weighted by Crippen LogP contribution is 2.21. The summed E-state index contributed by atoms with van der Waals surface area (Å²) in [7, 11) is 1.68. The van der Waals surface area contributed by atoms with Crippen LogP contribution in [0.5, 0.6) is 5.75 Å². The van der Waals surface area contributed by atoms with Gasteiger partial charge in [0.1, 0.15) is 5.75 Å². The maximum Gasteiger partial charge on any atom is 0.118 e. The predicted molar refractivity (Wildman–Crippen MR) is 72.1 cm³/mol. The molecule has 1 rings (SSSR count). The predicted octanol–water partition coefficient (Wildman–Crippen LogP) is 3.15. The minimum atomic E-state index is 0.388. The van der Waals surface area contributed by atoms with Crippen LogP contribution < -0.4 is 10.1 Å². The largest absolute Gasteiger partial charge is 0.497 e. The van der Waals surface area contributed by atoms with E-state index in [0.717, 1.165) is 31.6 Å². The zero-order valence-corrected chi connectivity index (χ0v) is 10.7. The number of methoxy groups -OCH3 is 1. The van der Waals surface area contributed by atoms with Gasteiger partial charge in [-0.2, -0.15) is 0 Å². The fraction of sp³-hybridized carbons (Fsp3) is 0.467. The van der Waals surface area contributed by atoms with Crippen LogP contribution in [0.2, 0.25) is 0 Å². The molecule has 0 amide bonds. The Bertz CT molecular complexity index is 350. The molecule has 0 saturated heterocycles. The van der Waals surface area contributed by atoms with Gasteiger partial charge in [-0.3, -0.25) is 0 Å². The number of hydrogen-bond acceptors (Lipinski definition) is 2. The Labute approximate surface area is 104 Å². The molecule has 17 heavy (non-hydrogen) atoms. The van der Waals surface area contributed by atoms with Crippen molar-refractivity contribution in [1.29, 1.82) is 0 Å². The van der Waals surface area contributed by atoms with E-state index in [4.69, 9.17) is 11.2 Å². The van der Waals surface area contributed by atoms with Crippen LogP contribution in [-0.4, -0.2) is 13.7 Å². The molecular weight excluding hydrogens is 210 g/mol. The van der Waals surface area contributed by atoms with Crippen LogP contribution >= 0.6 is 0 Å². The number of hydrogen-bond donors (Lipinski definition) is 1. The van der Waals surface area contributed by atoms with Crippen molar-refractivity contribution in [3.63, 3.8) is 0 Å². The molecule has 1 N–H and O–H groups in total. The van der Waals surface area contributed by atoms with Crippen molar-refractivity contribution in [2.24, 2.45) is 0 Å². The van der Waals surface area contributed by atoms with E-state index in [9.17, 15) is 0 Å². The summed E-state index contributed by atoms with van der Waals surface area (Å²) in [6, 6.07) is 8.62. The van der Waals surface area contributed by atoms with Gasteiger partial charge in [-0.15, -0.1) is 12.3 Å². The molecular formula is C15H21NO. The fourth-order valence-corrected chi connectivity index (χ4v) is 1.88. The molecule has 92 valence electrons. The number of terminal acetylenes is 1. The Morgan fingerprint density at radius 3 is 2.59 bits per heavy atom. The van der Waals surface area contributed by atoms with Crippen molar-refractivity contribution in [2.75, 3.05) is 13.7 Å². The topological polar surface area (TPSA) is 21.3 Å². The summed E-state index contributed by atoms with van der Waals surface area (Å²) in [6.07, 6.45) is 8.25. The van der Waals surface area contributed by atoms with Crippen molar-refractivity contribution in [3.05, 3.63) is 29.8 Å². The molecule has 0 bridgehead atoms. The molecule has 1 aromatic carbocycles. The highest BCUT2D eigenvalue weighted by molar-refractivity contribution is 5.29. The molecule has 2 nitrogen and oxygen atoms in total. The lowest BCUT2D eigenvalue weighted by Crippen LogP contribution is -2.20.